The second-order valence-corrected chi connectivity index (χ2v) is 5.55. The quantitative estimate of drug-likeness (QED) is 0.758. The van der Waals surface area contributed by atoms with E-state index in [4.69, 9.17) is 10.5 Å². The first kappa shape index (κ1) is 16.2. The number of halogens is 3. The van der Waals surface area contributed by atoms with Gasteiger partial charge in [-0.15, -0.1) is 0 Å². The molecule has 5 heteroatoms. The summed E-state index contributed by atoms with van der Waals surface area (Å²) in [5.41, 5.74) is 6.42. The van der Waals surface area contributed by atoms with Crippen LogP contribution in [0.15, 0.2) is 36.4 Å². The van der Waals surface area contributed by atoms with E-state index in [0.29, 0.717) is 5.75 Å². The Morgan fingerprint density at radius 3 is 2.27 bits per heavy atom. The zero-order valence-corrected chi connectivity index (χ0v) is 12.7. The van der Waals surface area contributed by atoms with Crippen LogP contribution in [-0.2, 0) is 6.18 Å². The van der Waals surface area contributed by atoms with E-state index < -0.39 is 11.7 Å². The van der Waals surface area contributed by atoms with Gasteiger partial charge in [0.05, 0.1) is 0 Å². The number of benzene rings is 2. The van der Waals surface area contributed by atoms with Crippen molar-refractivity contribution in [1.82, 2.24) is 0 Å². The molecule has 0 saturated carbocycles. The summed E-state index contributed by atoms with van der Waals surface area (Å²) in [6.07, 6.45) is -4.52. The Kier molecular flexibility index (Phi) is 4.35. The molecule has 2 N–H and O–H groups in total. The Morgan fingerprint density at radius 2 is 1.68 bits per heavy atom. The molecule has 0 radical (unpaired) electrons. The molecule has 0 fully saturated rings. The Hall–Kier alpha value is -2.17. The number of hydrogen-bond donors (Lipinski definition) is 1. The van der Waals surface area contributed by atoms with E-state index in [9.17, 15) is 13.2 Å². The maximum absolute atomic E-state index is 13.1. The lowest BCUT2D eigenvalue weighted by molar-refractivity contribution is -0.138. The van der Waals surface area contributed by atoms with Crippen molar-refractivity contribution in [2.75, 3.05) is 5.73 Å². The fourth-order valence-corrected chi connectivity index (χ4v) is 2.18. The maximum Gasteiger partial charge on any atom is 0.420 e. The molecule has 22 heavy (non-hydrogen) atoms. The van der Waals surface area contributed by atoms with Gasteiger partial charge in [-0.05, 0) is 48.2 Å². The first-order chi connectivity index (χ1) is 10.2. The van der Waals surface area contributed by atoms with Crippen LogP contribution in [0.5, 0.6) is 11.5 Å². The third kappa shape index (κ3) is 3.53. The summed E-state index contributed by atoms with van der Waals surface area (Å²) in [4.78, 5) is 0. The van der Waals surface area contributed by atoms with Crippen LogP contribution in [0.3, 0.4) is 0 Å². The van der Waals surface area contributed by atoms with Gasteiger partial charge in [-0.25, -0.2) is 0 Å². The van der Waals surface area contributed by atoms with E-state index in [1.165, 1.54) is 12.1 Å². The lowest BCUT2D eigenvalue weighted by Crippen LogP contribution is -2.08. The molecule has 2 aromatic carbocycles. The summed E-state index contributed by atoms with van der Waals surface area (Å²) >= 11 is 0. The topological polar surface area (TPSA) is 35.2 Å². The third-order valence-corrected chi connectivity index (χ3v) is 3.32. The molecule has 0 amide bonds. The molecule has 2 rings (SSSR count). The van der Waals surface area contributed by atoms with Crippen LogP contribution < -0.4 is 10.5 Å². The largest absolute Gasteiger partial charge is 0.456 e. The lowest BCUT2D eigenvalue weighted by Gasteiger charge is -2.18. The highest BCUT2D eigenvalue weighted by Gasteiger charge is 2.35. The highest BCUT2D eigenvalue weighted by Crippen LogP contribution is 2.40. The predicted molar refractivity (Wildman–Crippen MR) is 81.2 cm³/mol. The molecule has 0 spiro atoms. The van der Waals surface area contributed by atoms with E-state index in [1.54, 1.807) is 6.07 Å². The van der Waals surface area contributed by atoms with Crippen molar-refractivity contribution >= 4 is 5.69 Å². The van der Waals surface area contributed by atoms with Gasteiger partial charge in [-0.3, -0.25) is 0 Å². The number of rotatable bonds is 3. The number of aryl methyl sites for hydroxylation is 1. The monoisotopic (exact) mass is 309 g/mol. The molecular formula is C17H18F3NO. The van der Waals surface area contributed by atoms with Gasteiger partial charge in [0, 0.05) is 5.69 Å². The zero-order valence-electron chi connectivity index (χ0n) is 12.7. The standard InChI is InChI=1S/C17H18F3NO/c1-10(2)13-6-4-11(3)8-16(13)22-15-7-5-12(21)9-14(15)17(18,19)20/h4-10H,21H2,1-3H3. The van der Waals surface area contributed by atoms with Gasteiger partial charge in [-0.2, -0.15) is 13.2 Å². The fraction of sp³-hybridized carbons (Fsp3) is 0.294. The highest BCUT2D eigenvalue weighted by molar-refractivity contribution is 5.51. The Labute approximate surface area is 127 Å². The van der Waals surface area contributed by atoms with E-state index in [2.05, 4.69) is 0 Å². The van der Waals surface area contributed by atoms with E-state index in [1.807, 2.05) is 32.9 Å². The van der Waals surface area contributed by atoms with Gasteiger partial charge in [0.15, 0.2) is 0 Å². The molecule has 0 aliphatic heterocycles. The molecule has 0 saturated heterocycles. The van der Waals surface area contributed by atoms with Gasteiger partial charge < -0.3 is 10.5 Å². The number of nitrogen functional groups attached to an aromatic ring is 1. The fourth-order valence-electron chi connectivity index (χ4n) is 2.18. The lowest BCUT2D eigenvalue weighted by atomic mass is 10.0. The summed E-state index contributed by atoms with van der Waals surface area (Å²) in [5.74, 6) is 0.332. The van der Waals surface area contributed by atoms with Crippen LogP contribution >= 0.6 is 0 Å². The van der Waals surface area contributed by atoms with Crippen LogP contribution in [0.25, 0.3) is 0 Å². The second-order valence-electron chi connectivity index (χ2n) is 5.55. The first-order valence-corrected chi connectivity index (χ1v) is 6.93. The van der Waals surface area contributed by atoms with Crippen molar-refractivity contribution in [3.8, 4) is 11.5 Å². The minimum Gasteiger partial charge on any atom is -0.456 e. The molecule has 118 valence electrons. The summed E-state index contributed by atoms with van der Waals surface area (Å²) in [5, 5.41) is 0. The van der Waals surface area contributed by atoms with Gasteiger partial charge in [-0.1, -0.05) is 26.0 Å². The van der Waals surface area contributed by atoms with Gasteiger partial charge >= 0.3 is 6.18 Å². The zero-order chi connectivity index (χ0) is 16.5. The Bertz CT molecular complexity index is 678. The molecule has 0 aliphatic carbocycles. The minimum absolute atomic E-state index is 0.0491. The minimum atomic E-state index is -4.52. The molecule has 0 atom stereocenters. The van der Waals surface area contributed by atoms with Crippen molar-refractivity contribution in [3.63, 3.8) is 0 Å². The van der Waals surface area contributed by atoms with Crippen LogP contribution in [0.4, 0.5) is 18.9 Å². The van der Waals surface area contributed by atoms with Crippen LogP contribution in [-0.4, -0.2) is 0 Å². The SMILES string of the molecule is Cc1ccc(C(C)C)c(Oc2ccc(N)cc2C(F)(F)F)c1. The molecule has 0 aromatic heterocycles. The second kappa shape index (κ2) is 5.91. The average molecular weight is 309 g/mol. The van der Waals surface area contributed by atoms with E-state index in [0.717, 1.165) is 17.2 Å². The summed E-state index contributed by atoms with van der Waals surface area (Å²) < 4.78 is 45.0. The molecule has 0 unspecified atom stereocenters. The maximum atomic E-state index is 13.1. The molecule has 0 bridgehead atoms. The van der Waals surface area contributed by atoms with Crippen molar-refractivity contribution in [2.45, 2.75) is 32.9 Å². The summed E-state index contributed by atoms with van der Waals surface area (Å²) in [7, 11) is 0. The smallest absolute Gasteiger partial charge is 0.420 e. The predicted octanol–water partition coefficient (Wildman–Crippen LogP) is 5.51. The van der Waals surface area contributed by atoms with Crippen molar-refractivity contribution in [1.29, 1.82) is 0 Å². The summed E-state index contributed by atoms with van der Waals surface area (Å²) in [6, 6.07) is 9.07. The van der Waals surface area contributed by atoms with Crippen molar-refractivity contribution in [2.24, 2.45) is 0 Å². The van der Waals surface area contributed by atoms with Crippen LogP contribution in [0, 0.1) is 6.92 Å². The highest BCUT2D eigenvalue weighted by atomic mass is 19.4. The summed E-state index contributed by atoms with van der Waals surface area (Å²) in [6.45, 7) is 5.79. The van der Waals surface area contributed by atoms with Crippen molar-refractivity contribution in [3.05, 3.63) is 53.1 Å². The normalized spacial score (nSPS) is 11.8. The molecule has 2 aromatic rings. The number of hydrogen-bond acceptors (Lipinski definition) is 2. The number of anilines is 1. The van der Waals surface area contributed by atoms with E-state index in [-0.39, 0.29) is 17.4 Å². The molecule has 2 nitrogen and oxygen atoms in total. The van der Waals surface area contributed by atoms with Crippen LogP contribution in [0.2, 0.25) is 0 Å². The molecule has 0 heterocycles. The van der Waals surface area contributed by atoms with Crippen LogP contribution in [0.1, 0.15) is 36.5 Å². The Balaban J connectivity index is 2.50. The average Bonchev–Trinajstić information content (AvgIpc) is 2.39. The van der Waals surface area contributed by atoms with Gasteiger partial charge in [0.1, 0.15) is 17.1 Å². The number of nitrogens with two attached hydrogens (primary N) is 1. The number of ether oxygens (including phenoxy) is 1. The Morgan fingerprint density at radius 1 is 1.00 bits per heavy atom. The first-order valence-electron chi connectivity index (χ1n) is 6.93. The number of alkyl halides is 3. The van der Waals surface area contributed by atoms with Gasteiger partial charge in [0.2, 0.25) is 0 Å². The third-order valence-electron chi connectivity index (χ3n) is 3.32. The molecule has 0 aliphatic rings. The van der Waals surface area contributed by atoms with E-state index >= 15 is 0 Å². The van der Waals surface area contributed by atoms with Crippen molar-refractivity contribution < 1.29 is 17.9 Å². The van der Waals surface area contributed by atoms with Gasteiger partial charge in [0.25, 0.3) is 0 Å². The molecular weight excluding hydrogens is 291 g/mol.